The van der Waals surface area contributed by atoms with Crippen LogP contribution < -0.4 is 15.0 Å². The van der Waals surface area contributed by atoms with Gasteiger partial charge in [0.25, 0.3) is 0 Å². The lowest BCUT2D eigenvalue weighted by atomic mass is 10.2. The van der Waals surface area contributed by atoms with E-state index in [1.165, 1.54) is 12.1 Å². The highest BCUT2D eigenvalue weighted by Crippen LogP contribution is 2.31. The van der Waals surface area contributed by atoms with E-state index in [0.29, 0.717) is 28.8 Å². The van der Waals surface area contributed by atoms with E-state index in [4.69, 9.17) is 14.7 Å². The summed E-state index contributed by atoms with van der Waals surface area (Å²) < 4.78 is 18.6. The first kappa shape index (κ1) is 19.8. The van der Waals surface area contributed by atoms with Crippen LogP contribution in [0.15, 0.2) is 42.6 Å². The van der Waals surface area contributed by atoms with Gasteiger partial charge in [0.05, 0.1) is 13.7 Å². The van der Waals surface area contributed by atoms with Crippen molar-refractivity contribution in [3.05, 3.63) is 59.7 Å². The molecule has 1 amide bonds. The number of ether oxygens (including phenoxy) is 1. The van der Waals surface area contributed by atoms with Gasteiger partial charge in [-0.2, -0.15) is 0 Å². The van der Waals surface area contributed by atoms with Gasteiger partial charge in [0, 0.05) is 36.3 Å². The third-order valence-corrected chi connectivity index (χ3v) is 4.96. The average Bonchev–Trinajstić information content (AvgIpc) is 3.21. The maximum Gasteiger partial charge on any atom is 0.243 e. The smallest absolute Gasteiger partial charge is 0.243 e. The molecule has 0 fully saturated rings. The van der Waals surface area contributed by atoms with Crippen LogP contribution in [-0.4, -0.2) is 41.6 Å². The molecule has 1 aromatic carbocycles. The first-order valence-corrected chi connectivity index (χ1v) is 9.70. The molecule has 2 aromatic heterocycles. The molecule has 0 saturated heterocycles. The number of halogens is 1. The molecule has 0 unspecified atom stereocenters. The molecule has 1 N–H and O–H groups in total. The summed E-state index contributed by atoms with van der Waals surface area (Å²) in [6.07, 6.45) is 4.38. The topological polar surface area (TPSA) is 80.2 Å². The number of aryl methyl sites for hydroxylation is 1. The van der Waals surface area contributed by atoms with E-state index in [1.807, 2.05) is 7.05 Å². The van der Waals surface area contributed by atoms with E-state index in [0.717, 1.165) is 30.5 Å². The summed E-state index contributed by atoms with van der Waals surface area (Å²) in [5.74, 6) is 1.24. The molecule has 0 bridgehead atoms. The van der Waals surface area contributed by atoms with Crippen LogP contribution in [0, 0.1) is 5.82 Å². The zero-order chi connectivity index (χ0) is 21.1. The van der Waals surface area contributed by atoms with Crippen molar-refractivity contribution in [3.8, 4) is 17.3 Å². The van der Waals surface area contributed by atoms with Crippen LogP contribution in [0.2, 0.25) is 0 Å². The molecule has 4 rings (SSSR count). The molecule has 0 radical (unpaired) electrons. The Labute approximate surface area is 174 Å². The van der Waals surface area contributed by atoms with Crippen LogP contribution in [0.4, 0.5) is 15.9 Å². The van der Waals surface area contributed by atoms with Crippen LogP contribution in [0.25, 0.3) is 11.5 Å². The van der Waals surface area contributed by atoms with Crippen molar-refractivity contribution in [2.45, 2.75) is 19.3 Å². The maximum atomic E-state index is 13.4. The second kappa shape index (κ2) is 8.44. The quantitative estimate of drug-likeness (QED) is 0.676. The normalized spacial score (nSPS) is 12.4. The van der Waals surface area contributed by atoms with Gasteiger partial charge < -0.3 is 15.0 Å². The number of hydrogen-bond donors (Lipinski definition) is 1. The van der Waals surface area contributed by atoms with Gasteiger partial charge in [-0.25, -0.2) is 14.4 Å². The fraction of sp³-hybridized carbons (Fsp3) is 0.273. The fourth-order valence-corrected chi connectivity index (χ4v) is 3.56. The highest BCUT2D eigenvalue weighted by Gasteiger charge is 2.23. The lowest BCUT2D eigenvalue weighted by Crippen LogP contribution is -2.31. The van der Waals surface area contributed by atoms with Gasteiger partial charge in [-0.1, -0.05) is 6.07 Å². The van der Waals surface area contributed by atoms with Gasteiger partial charge in [0.2, 0.25) is 5.91 Å². The van der Waals surface area contributed by atoms with Gasteiger partial charge >= 0.3 is 0 Å². The highest BCUT2D eigenvalue weighted by molar-refractivity contribution is 5.94. The number of methoxy groups -OCH3 is 1. The molecule has 2 heterocycles. The Morgan fingerprint density at radius 3 is 2.90 bits per heavy atom. The van der Waals surface area contributed by atoms with Crippen molar-refractivity contribution in [1.82, 2.24) is 15.0 Å². The molecular weight excluding hydrogens is 385 g/mol. The van der Waals surface area contributed by atoms with Crippen molar-refractivity contribution in [2.75, 3.05) is 30.9 Å². The maximum absolute atomic E-state index is 13.4. The summed E-state index contributed by atoms with van der Waals surface area (Å²) in [4.78, 5) is 28.1. The Hall–Kier alpha value is -3.55. The van der Waals surface area contributed by atoms with E-state index in [-0.39, 0.29) is 12.5 Å². The number of pyridine rings is 1. The number of benzene rings is 1. The zero-order valence-corrected chi connectivity index (χ0v) is 16.9. The van der Waals surface area contributed by atoms with E-state index in [9.17, 15) is 9.18 Å². The standard InChI is InChI=1S/C22H22FN5O2/c1-28(13-20(29)25-15-6-3-5-14(23)11-15)22-17-7-4-8-18(17)26-21(27-22)19-12-16(30-2)9-10-24-19/h3,5-6,9-12H,4,7-8,13H2,1-2H3,(H,25,29). The minimum Gasteiger partial charge on any atom is -0.497 e. The molecule has 3 aromatic rings. The van der Waals surface area contributed by atoms with Crippen LogP contribution in [0.1, 0.15) is 17.7 Å². The molecule has 1 aliphatic carbocycles. The summed E-state index contributed by atoms with van der Waals surface area (Å²) in [5.41, 5.74) is 3.07. The number of amides is 1. The lowest BCUT2D eigenvalue weighted by molar-refractivity contribution is -0.114. The van der Waals surface area contributed by atoms with E-state index in [2.05, 4.69) is 10.3 Å². The van der Waals surface area contributed by atoms with Crippen molar-refractivity contribution < 1.29 is 13.9 Å². The highest BCUT2D eigenvalue weighted by atomic mass is 19.1. The zero-order valence-electron chi connectivity index (χ0n) is 16.9. The monoisotopic (exact) mass is 407 g/mol. The predicted octanol–water partition coefficient (Wildman–Crippen LogP) is 3.25. The number of nitrogens with zero attached hydrogens (tertiary/aromatic N) is 4. The second-order valence-electron chi connectivity index (χ2n) is 7.15. The Balaban J connectivity index is 1.59. The Kier molecular flexibility index (Phi) is 5.56. The Morgan fingerprint density at radius 1 is 1.23 bits per heavy atom. The molecule has 30 heavy (non-hydrogen) atoms. The number of likely N-dealkylation sites (N-methyl/N-ethyl adjacent to an activating group) is 1. The number of hydrogen-bond acceptors (Lipinski definition) is 6. The fourth-order valence-electron chi connectivity index (χ4n) is 3.56. The largest absolute Gasteiger partial charge is 0.497 e. The number of anilines is 2. The summed E-state index contributed by atoms with van der Waals surface area (Å²) in [6, 6.07) is 9.38. The van der Waals surface area contributed by atoms with Crippen LogP contribution >= 0.6 is 0 Å². The van der Waals surface area contributed by atoms with Crippen molar-refractivity contribution in [3.63, 3.8) is 0 Å². The van der Waals surface area contributed by atoms with Crippen molar-refractivity contribution in [2.24, 2.45) is 0 Å². The molecule has 0 atom stereocenters. The number of aromatic nitrogens is 3. The average molecular weight is 407 g/mol. The van der Waals surface area contributed by atoms with Crippen LogP contribution in [-0.2, 0) is 17.6 Å². The van der Waals surface area contributed by atoms with Crippen molar-refractivity contribution in [1.29, 1.82) is 0 Å². The third kappa shape index (κ3) is 4.22. The number of rotatable bonds is 6. The van der Waals surface area contributed by atoms with Crippen LogP contribution in [0.3, 0.4) is 0 Å². The van der Waals surface area contributed by atoms with Gasteiger partial charge in [-0.05, 0) is 43.5 Å². The minimum atomic E-state index is -0.398. The van der Waals surface area contributed by atoms with E-state index in [1.54, 1.807) is 42.5 Å². The number of fused-ring (bicyclic) bond motifs is 1. The Morgan fingerprint density at radius 2 is 2.10 bits per heavy atom. The van der Waals surface area contributed by atoms with Gasteiger partial charge in [0.1, 0.15) is 23.1 Å². The molecule has 0 spiro atoms. The predicted molar refractivity (Wildman–Crippen MR) is 112 cm³/mol. The number of carbonyl (C=O) groups is 1. The van der Waals surface area contributed by atoms with Gasteiger partial charge in [0.15, 0.2) is 5.82 Å². The summed E-state index contributed by atoms with van der Waals surface area (Å²) in [7, 11) is 3.41. The third-order valence-electron chi connectivity index (χ3n) is 4.96. The van der Waals surface area contributed by atoms with Gasteiger partial charge in [-0.3, -0.25) is 9.78 Å². The molecule has 8 heteroatoms. The first-order valence-electron chi connectivity index (χ1n) is 9.70. The second-order valence-corrected chi connectivity index (χ2v) is 7.15. The summed E-state index contributed by atoms with van der Waals surface area (Å²) >= 11 is 0. The van der Waals surface area contributed by atoms with E-state index >= 15 is 0 Å². The van der Waals surface area contributed by atoms with Crippen LogP contribution in [0.5, 0.6) is 5.75 Å². The molecule has 1 aliphatic rings. The molecule has 7 nitrogen and oxygen atoms in total. The Bertz CT molecular complexity index is 1090. The summed E-state index contributed by atoms with van der Waals surface area (Å²) in [6.45, 7) is 0.0744. The minimum absolute atomic E-state index is 0.0744. The SMILES string of the molecule is COc1ccnc(-c2nc3c(c(N(C)CC(=O)Nc4cccc(F)c4)n2)CCC3)c1. The first-order chi connectivity index (χ1) is 14.5. The van der Waals surface area contributed by atoms with E-state index < -0.39 is 5.82 Å². The van der Waals surface area contributed by atoms with Gasteiger partial charge in [-0.15, -0.1) is 0 Å². The molecule has 154 valence electrons. The van der Waals surface area contributed by atoms with Crippen molar-refractivity contribution >= 4 is 17.4 Å². The number of nitrogens with one attached hydrogen (secondary N) is 1. The molecule has 0 saturated carbocycles. The molecular formula is C22H22FN5O2. The number of carbonyl (C=O) groups excluding carboxylic acids is 1. The summed E-state index contributed by atoms with van der Waals surface area (Å²) in [5, 5.41) is 2.72. The lowest BCUT2D eigenvalue weighted by Gasteiger charge is -2.21. The molecule has 0 aliphatic heterocycles.